The lowest BCUT2D eigenvalue weighted by Crippen LogP contribution is -2.33. The Morgan fingerprint density at radius 3 is 2.42 bits per heavy atom. The minimum Gasteiger partial charge on any atom is -0.399 e. The first-order valence-corrected chi connectivity index (χ1v) is 6.79. The van der Waals surface area contributed by atoms with Gasteiger partial charge in [0.2, 0.25) is 0 Å². The van der Waals surface area contributed by atoms with Gasteiger partial charge in [-0.1, -0.05) is 11.6 Å². The van der Waals surface area contributed by atoms with Gasteiger partial charge in [0, 0.05) is 16.3 Å². The van der Waals surface area contributed by atoms with E-state index in [1.807, 2.05) is 27.7 Å². The number of ether oxygens (including phenoxy) is 1. The molecule has 0 aliphatic carbocycles. The molecule has 1 aliphatic heterocycles. The SMILES string of the molecule is CC1(C)CC(C(=O)c2cc(N)cc(Cl)c2)C(C)(C)O1. The Labute approximate surface area is 119 Å². The minimum atomic E-state index is -0.475. The predicted octanol–water partition coefficient (Wildman–Crippen LogP) is 3.70. The topological polar surface area (TPSA) is 52.3 Å². The zero-order valence-corrected chi connectivity index (χ0v) is 12.5. The predicted molar refractivity (Wildman–Crippen MR) is 77.5 cm³/mol. The van der Waals surface area contributed by atoms with Crippen molar-refractivity contribution in [3.8, 4) is 0 Å². The molecule has 1 unspecified atom stereocenters. The third-order valence-corrected chi connectivity index (χ3v) is 3.81. The van der Waals surface area contributed by atoms with E-state index in [4.69, 9.17) is 22.1 Å². The average Bonchev–Trinajstić information content (AvgIpc) is 2.44. The molecule has 1 aromatic carbocycles. The van der Waals surface area contributed by atoms with Crippen LogP contribution in [0.25, 0.3) is 0 Å². The first-order valence-electron chi connectivity index (χ1n) is 6.41. The van der Waals surface area contributed by atoms with E-state index in [0.717, 1.165) is 0 Å². The van der Waals surface area contributed by atoms with Crippen molar-refractivity contribution in [2.75, 3.05) is 5.73 Å². The Kier molecular flexibility index (Phi) is 3.40. The van der Waals surface area contributed by atoms with Crippen LogP contribution < -0.4 is 5.73 Å². The average molecular weight is 282 g/mol. The van der Waals surface area contributed by atoms with Crippen molar-refractivity contribution in [3.63, 3.8) is 0 Å². The lowest BCUT2D eigenvalue weighted by atomic mass is 9.81. The Morgan fingerprint density at radius 2 is 1.95 bits per heavy atom. The van der Waals surface area contributed by atoms with E-state index in [2.05, 4.69) is 0 Å². The van der Waals surface area contributed by atoms with Crippen molar-refractivity contribution in [1.82, 2.24) is 0 Å². The van der Waals surface area contributed by atoms with E-state index in [1.54, 1.807) is 18.2 Å². The lowest BCUT2D eigenvalue weighted by Gasteiger charge is -2.26. The summed E-state index contributed by atoms with van der Waals surface area (Å²) in [5.74, 6) is -0.134. The summed E-state index contributed by atoms with van der Waals surface area (Å²) >= 11 is 5.96. The molecule has 2 rings (SSSR count). The molecule has 0 amide bonds. The fourth-order valence-corrected chi connectivity index (χ4v) is 3.17. The molecule has 1 saturated heterocycles. The minimum absolute atomic E-state index is 0.0461. The standard InChI is InChI=1S/C15H20ClNO2/c1-14(2)8-12(15(3,4)19-14)13(18)9-5-10(16)7-11(17)6-9/h5-7,12H,8,17H2,1-4H3. The number of rotatable bonds is 2. The van der Waals surface area contributed by atoms with Crippen LogP contribution in [0.4, 0.5) is 5.69 Å². The van der Waals surface area contributed by atoms with Gasteiger partial charge >= 0.3 is 0 Å². The van der Waals surface area contributed by atoms with Crippen LogP contribution in [0, 0.1) is 5.92 Å². The van der Waals surface area contributed by atoms with Crippen molar-refractivity contribution in [2.45, 2.75) is 45.3 Å². The van der Waals surface area contributed by atoms with Crippen LogP contribution in [-0.4, -0.2) is 17.0 Å². The van der Waals surface area contributed by atoms with Crippen LogP contribution in [0.2, 0.25) is 5.02 Å². The first kappa shape index (κ1) is 14.4. The highest BCUT2D eigenvalue weighted by atomic mass is 35.5. The van der Waals surface area contributed by atoms with Crippen molar-refractivity contribution < 1.29 is 9.53 Å². The normalized spacial score (nSPS) is 24.4. The number of hydrogen-bond donors (Lipinski definition) is 1. The quantitative estimate of drug-likeness (QED) is 0.664. The van der Waals surface area contributed by atoms with E-state index in [0.29, 0.717) is 22.7 Å². The molecule has 1 fully saturated rings. The van der Waals surface area contributed by atoms with Gasteiger partial charge < -0.3 is 10.5 Å². The number of carbonyl (C=O) groups excluding carboxylic acids is 1. The Bertz CT molecular complexity index is 503. The van der Waals surface area contributed by atoms with Gasteiger partial charge in [0.05, 0.1) is 17.1 Å². The highest BCUT2D eigenvalue weighted by molar-refractivity contribution is 6.31. The number of nitrogen functional groups attached to an aromatic ring is 1. The maximum absolute atomic E-state index is 12.7. The van der Waals surface area contributed by atoms with Crippen molar-refractivity contribution in [3.05, 3.63) is 28.8 Å². The number of anilines is 1. The number of halogens is 1. The molecule has 104 valence electrons. The number of carbonyl (C=O) groups is 1. The molecule has 0 bridgehead atoms. The van der Waals surface area contributed by atoms with E-state index in [9.17, 15) is 4.79 Å². The molecule has 0 radical (unpaired) electrons. The Morgan fingerprint density at radius 1 is 1.32 bits per heavy atom. The number of ketones is 1. The zero-order chi connectivity index (χ0) is 14.4. The molecular weight excluding hydrogens is 262 g/mol. The largest absolute Gasteiger partial charge is 0.399 e. The summed E-state index contributed by atoms with van der Waals surface area (Å²) < 4.78 is 5.97. The van der Waals surface area contributed by atoms with E-state index in [-0.39, 0.29) is 17.3 Å². The summed E-state index contributed by atoms with van der Waals surface area (Å²) in [6.07, 6.45) is 0.700. The monoisotopic (exact) mass is 281 g/mol. The third-order valence-electron chi connectivity index (χ3n) is 3.60. The van der Waals surface area contributed by atoms with E-state index >= 15 is 0 Å². The van der Waals surface area contributed by atoms with Crippen LogP contribution in [0.5, 0.6) is 0 Å². The van der Waals surface area contributed by atoms with Crippen LogP contribution in [0.3, 0.4) is 0 Å². The lowest BCUT2D eigenvalue weighted by molar-refractivity contribution is -0.0712. The van der Waals surface area contributed by atoms with Gasteiger partial charge in [0.25, 0.3) is 0 Å². The molecule has 2 N–H and O–H groups in total. The highest BCUT2D eigenvalue weighted by Crippen LogP contribution is 2.43. The first-order chi connectivity index (χ1) is 8.61. The zero-order valence-electron chi connectivity index (χ0n) is 11.8. The maximum atomic E-state index is 12.7. The van der Waals surface area contributed by atoms with Crippen molar-refractivity contribution in [1.29, 1.82) is 0 Å². The van der Waals surface area contributed by atoms with Crippen molar-refractivity contribution in [2.24, 2.45) is 5.92 Å². The summed E-state index contributed by atoms with van der Waals surface area (Å²) in [6, 6.07) is 4.98. The molecule has 4 heteroatoms. The summed E-state index contributed by atoms with van der Waals surface area (Å²) in [6.45, 7) is 7.93. The fourth-order valence-electron chi connectivity index (χ4n) is 2.93. The van der Waals surface area contributed by atoms with Gasteiger partial charge in [-0.25, -0.2) is 0 Å². The summed E-state index contributed by atoms with van der Waals surface area (Å²) in [5.41, 5.74) is 6.06. The molecule has 1 aromatic rings. The van der Waals surface area contributed by atoms with Crippen LogP contribution in [0.1, 0.15) is 44.5 Å². The molecule has 0 saturated carbocycles. The molecule has 0 aromatic heterocycles. The fraction of sp³-hybridized carbons (Fsp3) is 0.533. The second-order valence-electron chi connectivity index (χ2n) is 6.36. The number of hydrogen-bond acceptors (Lipinski definition) is 3. The molecular formula is C15H20ClNO2. The Balaban J connectivity index is 2.34. The van der Waals surface area contributed by atoms with Gasteiger partial charge in [-0.3, -0.25) is 4.79 Å². The molecule has 1 atom stereocenters. The third kappa shape index (κ3) is 2.93. The molecule has 1 aliphatic rings. The second kappa shape index (κ2) is 4.50. The molecule has 1 heterocycles. The Hall–Kier alpha value is -1.06. The second-order valence-corrected chi connectivity index (χ2v) is 6.80. The summed E-state index contributed by atoms with van der Waals surface area (Å²) in [5, 5.41) is 0.485. The van der Waals surface area contributed by atoms with Crippen LogP contribution in [-0.2, 0) is 4.74 Å². The smallest absolute Gasteiger partial charge is 0.169 e. The maximum Gasteiger partial charge on any atom is 0.169 e. The summed E-state index contributed by atoms with van der Waals surface area (Å²) in [7, 11) is 0. The molecule has 3 nitrogen and oxygen atoms in total. The van der Waals surface area contributed by atoms with Crippen LogP contribution >= 0.6 is 11.6 Å². The number of nitrogens with two attached hydrogens (primary N) is 1. The molecule has 19 heavy (non-hydrogen) atoms. The van der Waals surface area contributed by atoms with E-state index in [1.165, 1.54) is 0 Å². The van der Waals surface area contributed by atoms with Gasteiger partial charge in [0.1, 0.15) is 0 Å². The van der Waals surface area contributed by atoms with Crippen LogP contribution in [0.15, 0.2) is 18.2 Å². The highest BCUT2D eigenvalue weighted by Gasteiger charge is 2.49. The van der Waals surface area contributed by atoms with Gasteiger partial charge in [0.15, 0.2) is 5.78 Å². The molecule has 0 spiro atoms. The van der Waals surface area contributed by atoms with Crippen molar-refractivity contribution >= 4 is 23.1 Å². The number of Topliss-reactive ketones (excluding diaryl/α,β-unsaturated/α-hetero) is 1. The number of benzene rings is 1. The van der Waals surface area contributed by atoms with Gasteiger partial charge in [-0.2, -0.15) is 0 Å². The van der Waals surface area contributed by atoms with Gasteiger partial charge in [-0.15, -0.1) is 0 Å². The van der Waals surface area contributed by atoms with Gasteiger partial charge in [-0.05, 0) is 52.3 Å². The van der Waals surface area contributed by atoms with E-state index < -0.39 is 5.60 Å². The summed E-state index contributed by atoms with van der Waals surface area (Å²) in [4.78, 5) is 12.7.